The molecule has 0 amide bonds. The number of nitrogens with zero attached hydrogens (tertiary/aromatic N) is 3. The minimum atomic E-state index is 1.05. The molecule has 0 unspecified atom stereocenters. The molecule has 4 heteroatoms. The molecule has 0 fully saturated rings. The maximum Gasteiger partial charge on any atom is 0.110 e. The maximum absolute atomic E-state index is 4.93. The minimum absolute atomic E-state index is 1.05. The van der Waals surface area contributed by atoms with Crippen molar-refractivity contribution >= 4 is 11.3 Å². The molecule has 0 bridgehead atoms. The van der Waals surface area contributed by atoms with E-state index < -0.39 is 0 Å². The Hall–Kier alpha value is -1.94. The lowest BCUT2D eigenvalue weighted by Crippen LogP contribution is -1.96. The number of aryl methyl sites for hydroxylation is 3. The molecule has 3 nitrogen and oxygen atoms in total. The summed E-state index contributed by atoms with van der Waals surface area (Å²) in [5.41, 5.74) is 5.97. The van der Waals surface area contributed by atoms with Gasteiger partial charge in [-0.2, -0.15) is 0 Å². The first kappa shape index (κ1) is 12.8. The molecule has 3 aromatic rings. The van der Waals surface area contributed by atoms with E-state index in [1.807, 2.05) is 13.1 Å². The van der Waals surface area contributed by atoms with Gasteiger partial charge in [0.15, 0.2) is 0 Å². The fourth-order valence-corrected chi connectivity index (χ4v) is 3.93. The first-order valence-electron chi connectivity index (χ1n) is 7.30. The second-order valence-corrected chi connectivity index (χ2v) is 6.57. The van der Waals surface area contributed by atoms with Gasteiger partial charge in [0.25, 0.3) is 0 Å². The molecule has 0 radical (unpaired) electrons. The van der Waals surface area contributed by atoms with Crippen molar-refractivity contribution in [1.82, 2.24) is 14.5 Å². The lowest BCUT2D eigenvalue weighted by atomic mass is 10.1. The summed E-state index contributed by atoms with van der Waals surface area (Å²) in [6.45, 7) is 5.25. The van der Waals surface area contributed by atoms with Crippen molar-refractivity contribution in [3.63, 3.8) is 0 Å². The van der Waals surface area contributed by atoms with E-state index in [0.29, 0.717) is 0 Å². The number of hydrogen-bond acceptors (Lipinski definition) is 3. The van der Waals surface area contributed by atoms with Gasteiger partial charge in [-0.3, -0.25) is 4.98 Å². The second kappa shape index (κ2) is 4.81. The minimum Gasteiger partial charge on any atom is -0.327 e. The topological polar surface area (TPSA) is 30.7 Å². The molecular formula is C17H17N3S. The number of fused-ring (bicyclic) bond motifs is 1. The third kappa shape index (κ3) is 2.10. The summed E-state index contributed by atoms with van der Waals surface area (Å²) in [6, 6.07) is 6.49. The smallest absolute Gasteiger partial charge is 0.110 e. The molecule has 0 saturated carbocycles. The van der Waals surface area contributed by atoms with E-state index in [-0.39, 0.29) is 0 Å². The van der Waals surface area contributed by atoms with Crippen LogP contribution in [0.5, 0.6) is 0 Å². The van der Waals surface area contributed by atoms with Gasteiger partial charge >= 0.3 is 0 Å². The van der Waals surface area contributed by atoms with Crippen LogP contribution in [0.1, 0.15) is 23.5 Å². The van der Waals surface area contributed by atoms with Crippen molar-refractivity contribution in [3.05, 3.63) is 46.9 Å². The number of thiophene rings is 1. The second-order valence-electron chi connectivity index (χ2n) is 5.65. The first-order chi connectivity index (χ1) is 10.2. The number of imidazole rings is 1. The maximum atomic E-state index is 4.93. The van der Waals surface area contributed by atoms with Crippen LogP contribution in [0.4, 0.5) is 0 Å². The molecule has 0 aliphatic carbocycles. The van der Waals surface area contributed by atoms with Gasteiger partial charge in [-0.15, -0.1) is 11.3 Å². The molecule has 1 aliphatic heterocycles. The number of pyridine rings is 1. The van der Waals surface area contributed by atoms with E-state index in [4.69, 9.17) is 4.98 Å². The fraction of sp³-hybridized carbons (Fsp3) is 0.294. The zero-order chi connectivity index (χ0) is 14.4. The summed E-state index contributed by atoms with van der Waals surface area (Å²) >= 11 is 1.78. The Kier molecular flexibility index (Phi) is 2.93. The first-order valence-corrected chi connectivity index (χ1v) is 8.18. The van der Waals surface area contributed by atoms with Crippen LogP contribution in [0.15, 0.2) is 29.8 Å². The SMILES string of the molecule is Cc1csc(-c2nc3n(c2-c2ccnc(C)c2)CCC3)c1. The lowest BCUT2D eigenvalue weighted by molar-refractivity contribution is 0.756. The summed E-state index contributed by atoms with van der Waals surface area (Å²) in [5.74, 6) is 1.22. The van der Waals surface area contributed by atoms with Gasteiger partial charge in [-0.25, -0.2) is 4.98 Å². The molecule has 21 heavy (non-hydrogen) atoms. The number of aromatic nitrogens is 3. The van der Waals surface area contributed by atoms with Crippen molar-refractivity contribution in [2.75, 3.05) is 0 Å². The third-order valence-corrected chi connectivity index (χ3v) is 5.02. The van der Waals surface area contributed by atoms with E-state index in [9.17, 15) is 0 Å². The van der Waals surface area contributed by atoms with Crippen LogP contribution in [-0.2, 0) is 13.0 Å². The summed E-state index contributed by atoms with van der Waals surface area (Å²) < 4.78 is 2.39. The van der Waals surface area contributed by atoms with Gasteiger partial charge in [-0.1, -0.05) is 0 Å². The average Bonchev–Trinajstić information content (AvgIpc) is 3.12. The third-order valence-electron chi connectivity index (χ3n) is 3.96. The molecule has 0 saturated heterocycles. The van der Waals surface area contributed by atoms with Crippen molar-refractivity contribution in [1.29, 1.82) is 0 Å². The van der Waals surface area contributed by atoms with Gasteiger partial charge in [0, 0.05) is 30.4 Å². The molecule has 4 rings (SSSR count). The van der Waals surface area contributed by atoms with E-state index in [2.05, 4.69) is 40.1 Å². The molecule has 0 spiro atoms. The Bertz CT molecular complexity index is 813. The highest BCUT2D eigenvalue weighted by Gasteiger charge is 2.23. The molecular weight excluding hydrogens is 278 g/mol. The van der Waals surface area contributed by atoms with Crippen LogP contribution in [0.25, 0.3) is 21.8 Å². The quantitative estimate of drug-likeness (QED) is 0.708. The Balaban J connectivity index is 1.96. The van der Waals surface area contributed by atoms with Crippen molar-refractivity contribution in [2.24, 2.45) is 0 Å². The molecule has 1 aliphatic rings. The number of hydrogen-bond donors (Lipinski definition) is 0. The highest BCUT2D eigenvalue weighted by Crippen LogP contribution is 2.38. The Morgan fingerprint density at radius 2 is 2.14 bits per heavy atom. The number of rotatable bonds is 2. The summed E-state index contributed by atoms with van der Waals surface area (Å²) in [4.78, 5) is 10.5. The van der Waals surface area contributed by atoms with Gasteiger partial charge in [0.05, 0.1) is 10.6 Å². The van der Waals surface area contributed by atoms with Crippen LogP contribution < -0.4 is 0 Å². The molecule has 4 heterocycles. The van der Waals surface area contributed by atoms with Crippen LogP contribution >= 0.6 is 11.3 Å². The lowest BCUT2D eigenvalue weighted by Gasteiger charge is -2.08. The summed E-state index contributed by atoms with van der Waals surface area (Å²) in [5, 5.41) is 2.20. The molecule has 106 valence electrons. The van der Waals surface area contributed by atoms with Crippen LogP contribution in [0, 0.1) is 13.8 Å². The Morgan fingerprint density at radius 3 is 2.90 bits per heavy atom. The molecule has 0 atom stereocenters. The van der Waals surface area contributed by atoms with Gasteiger partial charge in [0.2, 0.25) is 0 Å². The van der Waals surface area contributed by atoms with Gasteiger partial charge < -0.3 is 4.57 Å². The summed E-state index contributed by atoms with van der Waals surface area (Å²) in [7, 11) is 0. The standard InChI is InChI=1S/C17H17N3S/c1-11-8-14(21-10-11)16-17(13-5-6-18-12(2)9-13)20-7-3-4-15(20)19-16/h5-6,8-10H,3-4,7H2,1-2H3. The van der Waals surface area contributed by atoms with E-state index >= 15 is 0 Å². The van der Waals surface area contributed by atoms with Crippen molar-refractivity contribution in [2.45, 2.75) is 33.2 Å². The zero-order valence-corrected chi connectivity index (χ0v) is 13.1. The van der Waals surface area contributed by atoms with Crippen LogP contribution in [0.2, 0.25) is 0 Å². The van der Waals surface area contributed by atoms with E-state index in [1.165, 1.54) is 33.9 Å². The van der Waals surface area contributed by atoms with Crippen LogP contribution in [-0.4, -0.2) is 14.5 Å². The average molecular weight is 295 g/mol. The normalized spacial score (nSPS) is 13.6. The van der Waals surface area contributed by atoms with Gasteiger partial charge in [-0.05, 0) is 49.4 Å². The Labute approximate surface area is 128 Å². The summed E-state index contributed by atoms with van der Waals surface area (Å²) in [6.07, 6.45) is 4.17. The van der Waals surface area contributed by atoms with E-state index in [0.717, 1.165) is 24.4 Å². The predicted molar refractivity (Wildman–Crippen MR) is 86.6 cm³/mol. The van der Waals surface area contributed by atoms with Crippen LogP contribution in [0.3, 0.4) is 0 Å². The molecule has 3 aromatic heterocycles. The van der Waals surface area contributed by atoms with E-state index in [1.54, 1.807) is 11.3 Å². The molecule has 0 aromatic carbocycles. The highest BCUT2D eigenvalue weighted by atomic mass is 32.1. The largest absolute Gasteiger partial charge is 0.327 e. The highest BCUT2D eigenvalue weighted by molar-refractivity contribution is 7.13. The fourth-order valence-electron chi connectivity index (χ4n) is 3.04. The van der Waals surface area contributed by atoms with Crippen molar-refractivity contribution in [3.8, 4) is 21.8 Å². The predicted octanol–water partition coefficient (Wildman–Crippen LogP) is 4.24. The van der Waals surface area contributed by atoms with Crippen molar-refractivity contribution < 1.29 is 0 Å². The monoisotopic (exact) mass is 295 g/mol. The zero-order valence-electron chi connectivity index (χ0n) is 12.3. The Morgan fingerprint density at radius 1 is 1.24 bits per heavy atom. The molecule has 0 N–H and O–H groups in total. The van der Waals surface area contributed by atoms with Gasteiger partial charge in [0.1, 0.15) is 11.5 Å².